The third kappa shape index (κ3) is 6.01. The van der Waals surface area contributed by atoms with E-state index >= 15 is 0 Å². The number of carbonyl (C=O) groups is 1. The molecule has 3 aliphatic rings. The zero-order chi connectivity index (χ0) is 28.3. The van der Waals surface area contributed by atoms with Gasteiger partial charge in [-0.05, 0) is 43.4 Å². The van der Waals surface area contributed by atoms with Crippen LogP contribution in [0.3, 0.4) is 0 Å². The van der Waals surface area contributed by atoms with Crippen LogP contribution in [0.25, 0.3) is 10.8 Å². The highest BCUT2D eigenvalue weighted by Crippen LogP contribution is 2.35. The van der Waals surface area contributed by atoms with Crippen LogP contribution in [0.15, 0.2) is 49.1 Å². The van der Waals surface area contributed by atoms with Crippen LogP contribution in [0.4, 0.5) is 11.5 Å². The Kier molecular flexibility index (Phi) is 8.07. The standard InChI is InChI=1S/C32H40N6O3/c1-4-30(39)36-11-13-37(14-12-36)31-27-9-10-38(29-20-23(2)19-25-7-5-6-8-26(25)29)22-28(27)33-32(34-31)41-24(3)21-35-15-17-40-18-16-35/h4-8,19-20,24H,1,9-18,21-22H2,2-3H3/t24-/m1/s1. The smallest absolute Gasteiger partial charge is 0.318 e. The minimum atomic E-state index is -0.0542. The molecular weight excluding hydrogens is 516 g/mol. The number of nitrogens with zero attached hydrogens (tertiary/aromatic N) is 6. The van der Waals surface area contributed by atoms with E-state index in [1.54, 1.807) is 0 Å². The molecule has 2 saturated heterocycles. The van der Waals surface area contributed by atoms with Crippen molar-refractivity contribution >= 4 is 28.2 Å². The van der Waals surface area contributed by atoms with Gasteiger partial charge in [-0.1, -0.05) is 36.9 Å². The van der Waals surface area contributed by atoms with E-state index in [-0.39, 0.29) is 12.0 Å². The minimum absolute atomic E-state index is 0.0173. The zero-order valence-corrected chi connectivity index (χ0v) is 24.2. The molecule has 0 spiro atoms. The molecule has 0 unspecified atom stereocenters. The van der Waals surface area contributed by atoms with Crippen LogP contribution in [0.1, 0.15) is 23.7 Å². The number of rotatable bonds is 7. The number of ether oxygens (including phenoxy) is 2. The van der Waals surface area contributed by atoms with Crippen LogP contribution in [0.5, 0.6) is 6.01 Å². The van der Waals surface area contributed by atoms with Crippen molar-refractivity contribution in [2.24, 2.45) is 0 Å². The van der Waals surface area contributed by atoms with Gasteiger partial charge < -0.3 is 24.2 Å². The van der Waals surface area contributed by atoms with E-state index < -0.39 is 0 Å². The number of fused-ring (bicyclic) bond motifs is 2. The molecule has 0 saturated carbocycles. The number of morpholine rings is 1. The number of aromatic nitrogens is 2. The van der Waals surface area contributed by atoms with Crippen LogP contribution in [0, 0.1) is 6.92 Å². The molecule has 1 amide bonds. The molecule has 6 rings (SSSR count). The summed E-state index contributed by atoms with van der Waals surface area (Å²) in [5.74, 6) is 0.930. The average Bonchev–Trinajstić information content (AvgIpc) is 3.00. The maximum atomic E-state index is 12.2. The quantitative estimate of drug-likeness (QED) is 0.410. The van der Waals surface area contributed by atoms with E-state index in [4.69, 9.17) is 19.4 Å². The molecule has 0 aliphatic carbocycles. The number of amides is 1. The summed E-state index contributed by atoms with van der Waals surface area (Å²) in [7, 11) is 0. The first-order chi connectivity index (χ1) is 20.0. The van der Waals surface area contributed by atoms with Crippen molar-refractivity contribution in [1.82, 2.24) is 19.8 Å². The molecule has 9 heteroatoms. The van der Waals surface area contributed by atoms with Gasteiger partial charge in [-0.15, -0.1) is 0 Å². The van der Waals surface area contributed by atoms with Gasteiger partial charge in [0.1, 0.15) is 11.9 Å². The molecule has 2 fully saturated rings. The molecule has 1 atom stereocenters. The van der Waals surface area contributed by atoms with Crippen LogP contribution in [0.2, 0.25) is 0 Å². The van der Waals surface area contributed by atoms with Crippen molar-refractivity contribution in [2.45, 2.75) is 32.9 Å². The van der Waals surface area contributed by atoms with Crippen LogP contribution < -0.4 is 14.5 Å². The summed E-state index contributed by atoms with van der Waals surface area (Å²) in [4.78, 5) is 31.2. The number of anilines is 2. The second-order valence-electron chi connectivity index (χ2n) is 11.3. The van der Waals surface area contributed by atoms with Gasteiger partial charge in [0.25, 0.3) is 0 Å². The SMILES string of the molecule is C=CC(=O)N1CCN(c2nc(O[C@H](C)CN3CCOCC3)nc3c2CCN(c2cc(C)cc4ccccc24)C3)CC1. The van der Waals surface area contributed by atoms with Gasteiger partial charge in [-0.25, -0.2) is 0 Å². The lowest BCUT2D eigenvalue weighted by atomic mass is 10.0. The van der Waals surface area contributed by atoms with Gasteiger partial charge in [-0.3, -0.25) is 9.69 Å². The number of hydrogen-bond acceptors (Lipinski definition) is 8. The monoisotopic (exact) mass is 556 g/mol. The Morgan fingerprint density at radius 1 is 1.05 bits per heavy atom. The molecule has 3 aromatic rings. The summed E-state index contributed by atoms with van der Waals surface area (Å²) in [6.07, 6.45) is 2.19. The summed E-state index contributed by atoms with van der Waals surface area (Å²) >= 11 is 0. The topological polar surface area (TPSA) is 74.3 Å². The van der Waals surface area contributed by atoms with Gasteiger partial charge in [0.05, 0.1) is 25.5 Å². The van der Waals surface area contributed by atoms with Crippen molar-refractivity contribution in [1.29, 1.82) is 0 Å². The Balaban J connectivity index is 1.29. The highest BCUT2D eigenvalue weighted by molar-refractivity contribution is 5.95. The Morgan fingerprint density at radius 2 is 1.83 bits per heavy atom. The lowest BCUT2D eigenvalue weighted by Crippen LogP contribution is -2.49. The van der Waals surface area contributed by atoms with Crippen molar-refractivity contribution in [3.63, 3.8) is 0 Å². The van der Waals surface area contributed by atoms with E-state index in [1.165, 1.54) is 33.7 Å². The van der Waals surface area contributed by atoms with Crippen molar-refractivity contribution in [3.8, 4) is 6.01 Å². The van der Waals surface area contributed by atoms with Crippen LogP contribution in [-0.2, 0) is 22.5 Å². The molecule has 1 aromatic heterocycles. The molecule has 2 aromatic carbocycles. The summed E-state index contributed by atoms with van der Waals surface area (Å²) in [5.41, 5.74) is 4.70. The molecular formula is C32H40N6O3. The number of hydrogen-bond donors (Lipinski definition) is 0. The lowest BCUT2D eigenvalue weighted by molar-refractivity contribution is -0.126. The third-order valence-corrected chi connectivity index (χ3v) is 8.34. The van der Waals surface area contributed by atoms with E-state index in [2.05, 4.69) is 71.5 Å². The molecule has 3 aliphatic heterocycles. The van der Waals surface area contributed by atoms with Crippen LogP contribution in [-0.4, -0.2) is 97.4 Å². The average molecular weight is 557 g/mol. The maximum Gasteiger partial charge on any atom is 0.318 e. The van der Waals surface area contributed by atoms with Crippen molar-refractivity contribution < 1.29 is 14.3 Å². The van der Waals surface area contributed by atoms with Gasteiger partial charge in [0.2, 0.25) is 5.91 Å². The fraction of sp³-hybridized carbons (Fsp3) is 0.469. The highest BCUT2D eigenvalue weighted by atomic mass is 16.5. The maximum absolute atomic E-state index is 12.2. The molecule has 0 bridgehead atoms. The predicted octanol–water partition coefficient (Wildman–Crippen LogP) is 3.44. The Bertz CT molecular complexity index is 1410. The molecule has 0 radical (unpaired) electrons. The number of carbonyl (C=O) groups excluding carboxylic acids is 1. The fourth-order valence-electron chi connectivity index (χ4n) is 6.24. The second kappa shape index (κ2) is 12.0. The normalized spacial score (nSPS) is 18.7. The molecule has 216 valence electrons. The van der Waals surface area contributed by atoms with Crippen LogP contribution >= 0.6 is 0 Å². The summed E-state index contributed by atoms with van der Waals surface area (Å²) in [6, 6.07) is 13.6. The number of piperazine rings is 1. The fourth-order valence-corrected chi connectivity index (χ4v) is 6.24. The predicted molar refractivity (Wildman–Crippen MR) is 162 cm³/mol. The van der Waals surface area contributed by atoms with Gasteiger partial charge in [0, 0.05) is 69.0 Å². The Hall–Kier alpha value is -3.69. The molecule has 0 N–H and O–H groups in total. The Labute approximate surface area is 242 Å². The molecule has 4 heterocycles. The molecule has 9 nitrogen and oxygen atoms in total. The summed E-state index contributed by atoms with van der Waals surface area (Å²) in [5, 5.41) is 2.51. The van der Waals surface area contributed by atoms with Crippen molar-refractivity contribution in [3.05, 3.63) is 65.9 Å². The van der Waals surface area contributed by atoms with E-state index in [9.17, 15) is 4.79 Å². The first-order valence-corrected chi connectivity index (χ1v) is 14.8. The first-order valence-electron chi connectivity index (χ1n) is 14.8. The highest BCUT2D eigenvalue weighted by Gasteiger charge is 2.29. The number of aryl methyl sites for hydroxylation is 1. The summed E-state index contributed by atoms with van der Waals surface area (Å²) in [6.45, 7) is 16.4. The molecule has 41 heavy (non-hydrogen) atoms. The third-order valence-electron chi connectivity index (χ3n) is 8.34. The van der Waals surface area contributed by atoms with E-state index in [1.807, 2.05) is 4.90 Å². The summed E-state index contributed by atoms with van der Waals surface area (Å²) < 4.78 is 11.9. The lowest BCUT2D eigenvalue weighted by Gasteiger charge is -2.38. The minimum Gasteiger partial charge on any atom is -0.459 e. The van der Waals surface area contributed by atoms with E-state index in [0.29, 0.717) is 25.6 Å². The zero-order valence-electron chi connectivity index (χ0n) is 24.2. The van der Waals surface area contributed by atoms with Crippen molar-refractivity contribution in [2.75, 3.05) is 75.4 Å². The van der Waals surface area contributed by atoms with Gasteiger partial charge >= 0.3 is 6.01 Å². The first kappa shape index (κ1) is 27.5. The largest absolute Gasteiger partial charge is 0.459 e. The second-order valence-corrected chi connectivity index (χ2v) is 11.3. The Morgan fingerprint density at radius 3 is 2.61 bits per heavy atom. The van der Waals surface area contributed by atoms with Gasteiger partial charge in [-0.2, -0.15) is 9.97 Å². The van der Waals surface area contributed by atoms with Gasteiger partial charge in [0.15, 0.2) is 0 Å². The van der Waals surface area contributed by atoms with E-state index in [0.717, 1.165) is 70.4 Å². The number of benzene rings is 2.